The van der Waals surface area contributed by atoms with Crippen LogP contribution in [-0.4, -0.2) is 34.3 Å². The van der Waals surface area contributed by atoms with Crippen LogP contribution in [0, 0.1) is 0 Å². The Morgan fingerprint density at radius 2 is 1.46 bits per heavy atom. The fraction of sp³-hybridized carbons (Fsp3) is 0.0667. The number of nitrogens with zero attached hydrogens (tertiary/aromatic N) is 4. The summed E-state index contributed by atoms with van der Waals surface area (Å²) in [6.45, 7) is 0. The van der Waals surface area contributed by atoms with Crippen LogP contribution in [0.1, 0.15) is 5.56 Å². The summed E-state index contributed by atoms with van der Waals surface area (Å²) < 4.78 is 76.0. The molecule has 0 radical (unpaired) electrons. The highest BCUT2D eigenvalue weighted by Gasteiger charge is 2.31. The Labute approximate surface area is 233 Å². The van der Waals surface area contributed by atoms with Gasteiger partial charge in [-0.15, -0.1) is 0 Å². The minimum Gasteiger partial charge on any atom is -0.497 e. The van der Waals surface area contributed by atoms with Crippen molar-refractivity contribution in [2.24, 2.45) is 0 Å². The molecule has 6 aromatic rings. The second-order valence-electron chi connectivity index (χ2n) is 9.12. The Hall–Kier alpha value is -4.90. The maximum Gasteiger partial charge on any atom is 0.416 e. The molecule has 0 spiro atoms. The molecule has 0 amide bonds. The average molecular weight is 575 g/mol. The van der Waals surface area contributed by atoms with Gasteiger partial charge < -0.3 is 4.74 Å². The van der Waals surface area contributed by atoms with Gasteiger partial charge in [-0.3, -0.25) is 0 Å². The number of alkyl halides is 3. The number of rotatable bonds is 6. The Balaban J connectivity index is 1.61. The van der Waals surface area contributed by atoms with E-state index in [1.807, 2.05) is 30.3 Å². The lowest BCUT2D eigenvalue weighted by atomic mass is 10.1. The van der Waals surface area contributed by atoms with Crippen LogP contribution < -0.4 is 4.74 Å². The smallest absolute Gasteiger partial charge is 0.416 e. The number of ether oxygens (including phenoxy) is 1. The summed E-state index contributed by atoms with van der Waals surface area (Å²) in [5.74, 6) is 0.562. The van der Waals surface area contributed by atoms with Crippen LogP contribution in [0.15, 0.2) is 114 Å². The highest BCUT2D eigenvalue weighted by Crippen LogP contribution is 2.37. The molecule has 2 heterocycles. The van der Waals surface area contributed by atoms with Gasteiger partial charge in [0.1, 0.15) is 11.4 Å². The molecule has 0 aliphatic rings. The summed E-state index contributed by atoms with van der Waals surface area (Å²) in [5.41, 5.74) is 1.58. The van der Waals surface area contributed by atoms with E-state index < -0.39 is 21.8 Å². The van der Waals surface area contributed by atoms with Gasteiger partial charge in [0.05, 0.1) is 39.9 Å². The highest BCUT2D eigenvalue weighted by atomic mass is 32.2. The Morgan fingerprint density at radius 3 is 2.12 bits per heavy atom. The summed E-state index contributed by atoms with van der Waals surface area (Å²) in [6, 6.07) is 26.4. The van der Waals surface area contributed by atoms with Crippen molar-refractivity contribution in [2.75, 3.05) is 7.11 Å². The predicted octanol–water partition coefficient (Wildman–Crippen LogP) is 6.82. The number of hydrogen-bond donors (Lipinski definition) is 0. The number of aromatic nitrogens is 4. The Bertz CT molecular complexity index is 1960. The maximum absolute atomic E-state index is 14.1. The molecule has 41 heavy (non-hydrogen) atoms. The molecular weight excluding hydrogens is 553 g/mol. The zero-order chi connectivity index (χ0) is 28.8. The molecule has 6 rings (SSSR count). The molecule has 0 saturated carbocycles. The summed E-state index contributed by atoms with van der Waals surface area (Å²) in [6.07, 6.45) is -2.88. The molecule has 0 unspecified atom stereocenters. The first-order valence-corrected chi connectivity index (χ1v) is 13.8. The van der Waals surface area contributed by atoms with E-state index in [1.165, 1.54) is 31.4 Å². The Morgan fingerprint density at radius 1 is 0.805 bits per heavy atom. The summed E-state index contributed by atoms with van der Waals surface area (Å²) >= 11 is 0. The van der Waals surface area contributed by atoms with Gasteiger partial charge in [0.15, 0.2) is 5.82 Å². The van der Waals surface area contributed by atoms with Crippen LogP contribution in [-0.2, 0) is 16.2 Å². The number of halogens is 3. The van der Waals surface area contributed by atoms with E-state index in [-0.39, 0.29) is 16.4 Å². The standard InChI is InChI=1S/C30H21F3N4O3S/c1-40-23-15-17-24(18-16-23)41(38,39)37-27-10-6-5-9-26(27)34-29(37)25-19-36(22-7-3-2-4-8-22)35-28(25)20-11-13-21(14-12-20)30(31,32)33/h2-19H,1H3. The van der Waals surface area contributed by atoms with Crippen molar-refractivity contribution in [3.63, 3.8) is 0 Å². The maximum atomic E-state index is 14.1. The van der Waals surface area contributed by atoms with E-state index in [9.17, 15) is 21.6 Å². The van der Waals surface area contributed by atoms with Gasteiger partial charge in [0.2, 0.25) is 0 Å². The quantitative estimate of drug-likeness (QED) is 0.218. The van der Waals surface area contributed by atoms with Gasteiger partial charge in [-0.2, -0.15) is 18.3 Å². The third-order valence-corrected chi connectivity index (χ3v) is 8.30. The minimum absolute atomic E-state index is 0.00855. The molecule has 2 aromatic heterocycles. The van der Waals surface area contributed by atoms with E-state index in [0.717, 1.165) is 16.1 Å². The molecule has 0 bridgehead atoms. The Kier molecular flexibility index (Phi) is 6.38. The molecule has 4 aromatic carbocycles. The van der Waals surface area contributed by atoms with Gasteiger partial charge >= 0.3 is 6.18 Å². The van der Waals surface area contributed by atoms with Gasteiger partial charge in [0.25, 0.3) is 10.0 Å². The van der Waals surface area contributed by atoms with E-state index in [0.29, 0.717) is 33.6 Å². The molecule has 7 nitrogen and oxygen atoms in total. The van der Waals surface area contributed by atoms with Crippen molar-refractivity contribution < 1.29 is 26.3 Å². The summed E-state index contributed by atoms with van der Waals surface area (Å²) in [7, 11) is -2.71. The molecule has 0 atom stereocenters. The van der Waals surface area contributed by atoms with Crippen molar-refractivity contribution in [2.45, 2.75) is 11.1 Å². The van der Waals surface area contributed by atoms with Gasteiger partial charge in [-0.05, 0) is 60.7 Å². The molecule has 0 N–H and O–H groups in total. The topological polar surface area (TPSA) is 79.0 Å². The fourth-order valence-corrected chi connectivity index (χ4v) is 6.02. The molecule has 0 saturated heterocycles. The van der Waals surface area contributed by atoms with E-state index >= 15 is 0 Å². The first-order chi connectivity index (χ1) is 19.7. The highest BCUT2D eigenvalue weighted by molar-refractivity contribution is 7.90. The second kappa shape index (κ2) is 9.93. The summed E-state index contributed by atoms with van der Waals surface area (Å²) in [5, 5.41) is 4.68. The normalized spacial score (nSPS) is 12.1. The van der Waals surface area contributed by atoms with Crippen LogP contribution in [0.3, 0.4) is 0 Å². The molecule has 11 heteroatoms. The molecule has 0 aliphatic heterocycles. The van der Waals surface area contributed by atoms with Crippen LogP contribution in [0.5, 0.6) is 5.75 Å². The lowest BCUT2D eigenvalue weighted by Crippen LogP contribution is -2.14. The lowest BCUT2D eigenvalue weighted by molar-refractivity contribution is -0.137. The molecular formula is C30H21F3N4O3S. The SMILES string of the molecule is COc1ccc(S(=O)(=O)n2c(-c3cn(-c4ccccc4)nc3-c3ccc(C(F)(F)F)cc3)nc3ccccc32)cc1. The molecule has 0 fully saturated rings. The van der Waals surface area contributed by atoms with Crippen molar-refractivity contribution >= 4 is 21.1 Å². The zero-order valence-corrected chi connectivity index (χ0v) is 22.3. The summed E-state index contributed by atoms with van der Waals surface area (Å²) in [4.78, 5) is 4.69. The number of hydrogen-bond acceptors (Lipinski definition) is 5. The van der Waals surface area contributed by atoms with Crippen molar-refractivity contribution in [1.82, 2.24) is 18.7 Å². The molecule has 0 aliphatic carbocycles. The van der Waals surface area contributed by atoms with Crippen LogP contribution >= 0.6 is 0 Å². The monoisotopic (exact) mass is 574 g/mol. The average Bonchev–Trinajstić information content (AvgIpc) is 3.60. The first-order valence-electron chi connectivity index (χ1n) is 12.4. The first kappa shape index (κ1) is 26.3. The van der Waals surface area contributed by atoms with Crippen molar-refractivity contribution in [1.29, 1.82) is 0 Å². The predicted molar refractivity (Wildman–Crippen MR) is 148 cm³/mol. The van der Waals surface area contributed by atoms with Crippen LogP contribution in [0.25, 0.3) is 39.4 Å². The van der Waals surface area contributed by atoms with E-state index in [1.54, 1.807) is 47.3 Å². The minimum atomic E-state index is -4.51. The van der Waals surface area contributed by atoms with Crippen molar-refractivity contribution in [3.05, 3.63) is 115 Å². The molecule has 206 valence electrons. The van der Waals surface area contributed by atoms with E-state index in [2.05, 4.69) is 10.1 Å². The third-order valence-electron chi connectivity index (χ3n) is 6.58. The fourth-order valence-electron chi connectivity index (χ4n) is 4.55. The number of methoxy groups -OCH3 is 1. The number of benzene rings is 4. The van der Waals surface area contributed by atoms with Gasteiger partial charge in [0, 0.05) is 11.8 Å². The van der Waals surface area contributed by atoms with Crippen LogP contribution in [0.2, 0.25) is 0 Å². The van der Waals surface area contributed by atoms with Gasteiger partial charge in [-0.1, -0.05) is 42.5 Å². The zero-order valence-electron chi connectivity index (χ0n) is 21.4. The van der Waals surface area contributed by atoms with E-state index in [4.69, 9.17) is 4.74 Å². The third kappa shape index (κ3) is 4.74. The van der Waals surface area contributed by atoms with Gasteiger partial charge in [-0.25, -0.2) is 22.1 Å². The second-order valence-corrected chi connectivity index (χ2v) is 10.9. The number of fused-ring (bicyclic) bond motifs is 1. The number of para-hydroxylation sites is 3. The van der Waals surface area contributed by atoms with Crippen LogP contribution in [0.4, 0.5) is 13.2 Å². The lowest BCUT2D eigenvalue weighted by Gasteiger charge is -2.12. The van der Waals surface area contributed by atoms with Crippen molar-refractivity contribution in [3.8, 4) is 34.1 Å². The number of imidazole rings is 1. The largest absolute Gasteiger partial charge is 0.497 e.